The van der Waals surface area contributed by atoms with Crippen LogP contribution in [0.4, 0.5) is 5.69 Å². The van der Waals surface area contributed by atoms with Crippen LogP contribution in [0.25, 0.3) is 33.5 Å². The summed E-state index contributed by atoms with van der Waals surface area (Å²) < 4.78 is 22.5. The van der Waals surface area contributed by atoms with Crippen molar-refractivity contribution in [3.8, 4) is 23.1 Å². The third-order valence-corrected chi connectivity index (χ3v) is 6.31. The smallest absolute Gasteiger partial charge is 0.346 e. The summed E-state index contributed by atoms with van der Waals surface area (Å²) in [7, 11) is 2.46. The number of carbonyl (C=O) groups is 1. The number of esters is 1. The van der Waals surface area contributed by atoms with Gasteiger partial charge < -0.3 is 18.6 Å². The molecule has 0 saturated heterocycles. The Morgan fingerprint density at radius 3 is 2.68 bits per heavy atom. The molecule has 3 aromatic carbocycles. The van der Waals surface area contributed by atoms with Crippen LogP contribution in [0.1, 0.15) is 12.5 Å². The van der Waals surface area contributed by atoms with E-state index in [1.807, 2.05) is 0 Å². The fraction of sp³-hybridized carbons (Fsp3) is 0.143. The van der Waals surface area contributed by atoms with Crippen molar-refractivity contribution in [3.05, 3.63) is 91.7 Å². The summed E-state index contributed by atoms with van der Waals surface area (Å²) in [4.78, 5) is 41.2. The number of nitrogens with zero attached hydrogens (tertiary/aromatic N) is 4. The van der Waals surface area contributed by atoms with E-state index in [1.54, 1.807) is 48.5 Å². The zero-order valence-corrected chi connectivity index (χ0v) is 22.6. The largest absolute Gasteiger partial charge is 0.493 e. The minimum absolute atomic E-state index is 0.0326. The number of halogens is 1. The van der Waals surface area contributed by atoms with Crippen LogP contribution in [-0.2, 0) is 9.53 Å². The summed E-state index contributed by atoms with van der Waals surface area (Å²) in [6.07, 6.45) is 0.0970. The van der Waals surface area contributed by atoms with Gasteiger partial charge in [0, 0.05) is 22.0 Å². The number of ether oxygens (including phenoxy) is 3. The van der Waals surface area contributed by atoms with Crippen molar-refractivity contribution < 1.29 is 28.3 Å². The van der Waals surface area contributed by atoms with Gasteiger partial charge in [0.15, 0.2) is 17.6 Å². The predicted molar refractivity (Wildman–Crippen MR) is 151 cm³/mol. The molecule has 2 heterocycles. The maximum Gasteiger partial charge on any atom is 0.346 e. The molecule has 41 heavy (non-hydrogen) atoms. The highest BCUT2D eigenvalue weighted by Gasteiger charge is 2.27. The Kier molecular flexibility index (Phi) is 7.40. The van der Waals surface area contributed by atoms with Crippen LogP contribution in [0.3, 0.4) is 0 Å². The third kappa shape index (κ3) is 5.32. The molecule has 5 aromatic rings. The molecule has 0 radical (unpaired) electrons. The van der Waals surface area contributed by atoms with Crippen molar-refractivity contribution in [2.45, 2.75) is 13.0 Å². The van der Waals surface area contributed by atoms with Crippen molar-refractivity contribution in [2.24, 2.45) is 5.10 Å². The Bertz CT molecular complexity index is 1910. The highest BCUT2D eigenvalue weighted by molar-refractivity contribution is 6.31. The molecule has 13 heteroatoms. The van der Waals surface area contributed by atoms with Gasteiger partial charge in [0.05, 0.1) is 36.3 Å². The van der Waals surface area contributed by atoms with Gasteiger partial charge in [-0.2, -0.15) is 9.78 Å². The summed E-state index contributed by atoms with van der Waals surface area (Å²) in [5.74, 6) is -0.666. The number of aromatic nitrogens is 2. The normalized spacial score (nSPS) is 12.1. The van der Waals surface area contributed by atoms with Gasteiger partial charge in [-0.1, -0.05) is 23.7 Å². The molecule has 0 N–H and O–H groups in total. The van der Waals surface area contributed by atoms with Crippen LogP contribution in [-0.4, -0.2) is 47.1 Å². The summed E-state index contributed by atoms with van der Waals surface area (Å²) in [5, 5.41) is 17.8. The number of para-hydroxylation sites is 1. The minimum atomic E-state index is -1.14. The summed E-state index contributed by atoms with van der Waals surface area (Å²) in [6, 6.07) is 16.1. The summed E-state index contributed by atoms with van der Waals surface area (Å²) in [5.41, 5.74) is 0.179. The van der Waals surface area contributed by atoms with Crippen molar-refractivity contribution >= 4 is 51.3 Å². The SMILES string of the molecule is COC(=O)[C@H](C)Oc1c(OC)cc(C=Nn2c(-c3cc4cc(Cl)ccc4o3)nc3ccccc3c2=O)cc1[N+](=O)[O-]. The van der Waals surface area contributed by atoms with Crippen molar-refractivity contribution in [1.82, 2.24) is 9.66 Å². The van der Waals surface area contributed by atoms with Gasteiger partial charge in [-0.15, -0.1) is 0 Å². The first-order chi connectivity index (χ1) is 19.7. The monoisotopic (exact) mass is 576 g/mol. The number of methoxy groups -OCH3 is 2. The second-order valence-electron chi connectivity index (χ2n) is 8.72. The molecule has 0 spiro atoms. The highest BCUT2D eigenvalue weighted by atomic mass is 35.5. The fourth-order valence-corrected chi connectivity index (χ4v) is 4.30. The maximum atomic E-state index is 13.5. The number of hydrogen-bond acceptors (Lipinski definition) is 10. The van der Waals surface area contributed by atoms with Crippen LogP contribution < -0.4 is 15.0 Å². The second kappa shape index (κ2) is 11.1. The zero-order chi connectivity index (χ0) is 29.3. The predicted octanol–water partition coefficient (Wildman–Crippen LogP) is 5.20. The number of benzene rings is 3. The lowest BCUT2D eigenvalue weighted by Gasteiger charge is -2.15. The number of hydrogen-bond donors (Lipinski definition) is 0. The summed E-state index contributed by atoms with van der Waals surface area (Å²) in [6.45, 7) is 1.39. The van der Waals surface area contributed by atoms with Crippen LogP contribution in [0, 0.1) is 10.1 Å². The lowest BCUT2D eigenvalue weighted by atomic mass is 10.1. The van der Waals surface area contributed by atoms with E-state index in [4.69, 9.17) is 25.5 Å². The number of nitro groups is 1. The van der Waals surface area contributed by atoms with Crippen molar-refractivity contribution in [3.63, 3.8) is 0 Å². The quantitative estimate of drug-likeness (QED) is 0.105. The van der Waals surface area contributed by atoms with E-state index >= 15 is 0 Å². The van der Waals surface area contributed by atoms with Gasteiger partial charge in [-0.05, 0) is 49.4 Å². The topological polar surface area (TPSA) is 148 Å². The number of fused-ring (bicyclic) bond motifs is 2. The molecule has 2 aromatic heterocycles. The number of nitro benzene ring substituents is 1. The fourth-order valence-electron chi connectivity index (χ4n) is 4.12. The molecule has 208 valence electrons. The van der Waals surface area contributed by atoms with E-state index in [0.717, 1.165) is 4.68 Å². The second-order valence-corrected chi connectivity index (χ2v) is 9.16. The molecule has 5 rings (SSSR count). The van der Waals surface area contributed by atoms with Gasteiger partial charge in [-0.3, -0.25) is 14.9 Å². The Morgan fingerprint density at radius 1 is 1.17 bits per heavy atom. The molecular weight excluding hydrogens is 556 g/mol. The van der Waals surface area contributed by atoms with E-state index in [0.29, 0.717) is 26.9 Å². The first kappa shape index (κ1) is 27.3. The molecule has 0 bridgehead atoms. The van der Waals surface area contributed by atoms with E-state index in [-0.39, 0.29) is 28.6 Å². The van der Waals surface area contributed by atoms with Crippen LogP contribution in [0.2, 0.25) is 5.02 Å². The molecule has 12 nitrogen and oxygen atoms in total. The average molecular weight is 577 g/mol. The van der Waals surface area contributed by atoms with Crippen LogP contribution >= 0.6 is 11.6 Å². The van der Waals surface area contributed by atoms with Gasteiger partial charge in [0.2, 0.25) is 11.6 Å². The van der Waals surface area contributed by atoms with E-state index < -0.39 is 28.2 Å². The van der Waals surface area contributed by atoms with Crippen LogP contribution in [0.5, 0.6) is 11.5 Å². The molecule has 0 aliphatic rings. The molecule has 0 fully saturated rings. The molecule has 0 aliphatic heterocycles. The molecule has 0 saturated carbocycles. The number of carbonyl (C=O) groups excluding carboxylic acids is 1. The maximum absolute atomic E-state index is 13.5. The van der Waals surface area contributed by atoms with Crippen LogP contribution in [0.15, 0.2) is 75.0 Å². The minimum Gasteiger partial charge on any atom is -0.493 e. The first-order valence-corrected chi connectivity index (χ1v) is 12.4. The average Bonchev–Trinajstić information content (AvgIpc) is 3.39. The Hall–Kier alpha value is -5.23. The Labute approximate surface area is 236 Å². The van der Waals surface area contributed by atoms with E-state index in [9.17, 15) is 19.7 Å². The standard InChI is InChI=1S/C28H21ClN4O8/c1-15(28(35)39-3)40-25-21(33(36)37)10-16(11-23(25)38-2)14-30-32-26(31-20-7-5-4-6-19(20)27(32)34)24-13-17-12-18(29)8-9-22(17)41-24/h4-15H,1-3H3/t15-/m0/s1. The lowest BCUT2D eigenvalue weighted by Crippen LogP contribution is -2.25. The molecule has 1 atom stereocenters. The molecule has 0 unspecified atom stereocenters. The Balaban J connectivity index is 1.65. The first-order valence-electron chi connectivity index (χ1n) is 12.1. The van der Waals surface area contributed by atoms with Crippen molar-refractivity contribution in [2.75, 3.05) is 14.2 Å². The zero-order valence-electron chi connectivity index (χ0n) is 21.9. The Morgan fingerprint density at radius 2 is 1.95 bits per heavy atom. The highest BCUT2D eigenvalue weighted by Crippen LogP contribution is 2.39. The van der Waals surface area contributed by atoms with Gasteiger partial charge in [-0.25, -0.2) is 9.78 Å². The number of rotatable bonds is 8. The van der Waals surface area contributed by atoms with Gasteiger partial charge >= 0.3 is 11.7 Å². The third-order valence-electron chi connectivity index (χ3n) is 6.08. The molecular formula is C28H21ClN4O8. The van der Waals surface area contributed by atoms with Gasteiger partial charge in [0.1, 0.15) is 5.58 Å². The van der Waals surface area contributed by atoms with Crippen molar-refractivity contribution in [1.29, 1.82) is 0 Å². The molecule has 0 aliphatic carbocycles. The summed E-state index contributed by atoms with van der Waals surface area (Å²) >= 11 is 6.12. The molecule has 0 amide bonds. The van der Waals surface area contributed by atoms with E-state index in [1.165, 1.54) is 39.5 Å². The number of furan rings is 1. The van der Waals surface area contributed by atoms with Gasteiger partial charge in [0.25, 0.3) is 5.56 Å². The van der Waals surface area contributed by atoms with E-state index in [2.05, 4.69) is 14.8 Å². The lowest BCUT2D eigenvalue weighted by molar-refractivity contribution is -0.386.